The van der Waals surface area contributed by atoms with Crippen LogP contribution < -0.4 is 14.2 Å². The molecule has 0 aliphatic carbocycles. The molecule has 0 aromatic heterocycles. The van der Waals surface area contributed by atoms with Crippen molar-refractivity contribution in [2.24, 2.45) is 4.99 Å². The number of carbonyl (C=O) groups excluding carboxylic acids is 1. The van der Waals surface area contributed by atoms with E-state index < -0.39 is 0 Å². The molecule has 4 rings (SSSR count). The van der Waals surface area contributed by atoms with Crippen LogP contribution in [0.15, 0.2) is 70.6 Å². The number of carbonyl (C=O) groups is 1. The molecule has 1 aliphatic heterocycles. The summed E-state index contributed by atoms with van der Waals surface area (Å²) in [5, 5.41) is 0.628. The molecule has 0 bridgehead atoms. The highest BCUT2D eigenvalue weighted by atomic mass is 127. The Hall–Kier alpha value is -3.05. The van der Waals surface area contributed by atoms with Crippen LogP contribution in [-0.2, 0) is 11.4 Å². The van der Waals surface area contributed by atoms with Crippen LogP contribution in [0.2, 0.25) is 0 Å². The molecule has 37 heavy (non-hydrogen) atoms. The molecule has 0 atom stereocenters. The fourth-order valence-electron chi connectivity index (χ4n) is 3.60. The minimum absolute atomic E-state index is 0.0932. The molecule has 0 N–H and O–H groups in total. The number of thioether (sulfide) groups is 1. The third-order valence-electron chi connectivity index (χ3n) is 5.43. The Bertz CT molecular complexity index is 1330. The van der Waals surface area contributed by atoms with Crippen molar-refractivity contribution in [3.63, 3.8) is 0 Å². The van der Waals surface area contributed by atoms with Gasteiger partial charge in [0, 0.05) is 6.54 Å². The SMILES string of the molecule is CCOc1cc(/C=C2/SC(=Nc3ccc(OC)cc3)N(CC)C2=O)cc(I)c1OCc1ccc(F)cc1. The van der Waals surface area contributed by atoms with Crippen molar-refractivity contribution in [1.29, 1.82) is 0 Å². The van der Waals surface area contributed by atoms with E-state index in [0.717, 1.165) is 26.1 Å². The molecule has 9 heteroatoms. The average molecular weight is 632 g/mol. The average Bonchev–Trinajstić information content (AvgIpc) is 3.18. The van der Waals surface area contributed by atoms with Gasteiger partial charge in [-0.3, -0.25) is 9.69 Å². The predicted octanol–water partition coefficient (Wildman–Crippen LogP) is 7.04. The number of amidine groups is 1. The van der Waals surface area contributed by atoms with Gasteiger partial charge in [-0.25, -0.2) is 9.38 Å². The minimum Gasteiger partial charge on any atom is -0.497 e. The van der Waals surface area contributed by atoms with Crippen molar-refractivity contribution in [3.05, 3.63) is 86.1 Å². The van der Waals surface area contributed by atoms with E-state index in [-0.39, 0.29) is 18.3 Å². The van der Waals surface area contributed by atoms with Crippen LogP contribution in [0.5, 0.6) is 17.2 Å². The van der Waals surface area contributed by atoms with Gasteiger partial charge in [0.05, 0.1) is 27.9 Å². The Kier molecular flexibility index (Phi) is 9.09. The summed E-state index contributed by atoms with van der Waals surface area (Å²) in [4.78, 5) is 20.1. The highest BCUT2D eigenvalue weighted by Gasteiger charge is 2.32. The van der Waals surface area contributed by atoms with Crippen molar-refractivity contribution in [2.45, 2.75) is 20.5 Å². The first kappa shape index (κ1) is 27.0. The van der Waals surface area contributed by atoms with Gasteiger partial charge in [-0.15, -0.1) is 0 Å². The molecule has 1 fully saturated rings. The van der Waals surface area contributed by atoms with Crippen molar-refractivity contribution in [1.82, 2.24) is 4.90 Å². The van der Waals surface area contributed by atoms with Gasteiger partial charge in [0.15, 0.2) is 16.7 Å². The van der Waals surface area contributed by atoms with Gasteiger partial charge >= 0.3 is 0 Å². The summed E-state index contributed by atoms with van der Waals surface area (Å²) in [5.41, 5.74) is 2.41. The second-order valence-electron chi connectivity index (χ2n) is 7.93. The van der Waals surface area contributed by atoms with Crippen LogP contribution in [0.1, 0.15) is 25.0 Å². The van der Waals surface area contributed by atoms with Crippen LogP contribution in [0, 0.1) is 9.39 Å². The first-order valence-corrected chi connectivity index (χ1v) is 13.6. The van der Waals surface area contributed by atoms with Gasteiger partial charge in [-0.05, 0) is 114 Å². The molecule has 0 unspecified atom stereocenters. The van der Waals surface area contributed by atoms with Crippen molar-refractivity contribution >= 4 is 57.2 Å². The van der Waals surface area contributed by atoms with Crippen LogP contribution in [0.3, 0.4) is 0 Å². The van der Waals surface area contributed by atoms with Crippen molar-refractivity contribution in [3.8, 4) is 17.2 Å². The zero-order chi connectivity index (χ0) is 26.4. The quantitative estimate of drug-likeness (QED) is 0.187. The van der Waals surface area contributed by atoms with Gasteiger partial charge in [-0.1, -0.05) is 12.1 Å². The third-order valence-corrected chi connectivity index (χ3v) is 7.24. The van der Waals surface area contributed by atoms with Gasteiger partial charge in [0.1, 0.15) is 18.2 Å². The second kappa shape index (κ2) is 12.5. The number of methoxy groups -OCH3 is 1. The summed E-state index contributed by atoms with van der Waals surface area (Å²) in [6.07, 6.45) is 1.85. The highest BCUT2D eigenvalue weighted by molar-refractivity contribution is 14.1. The maximum absolute atomic E-state index is 13.2. The van der Waals surface area contributed by atoms with Gasteiger partial charge < -0.3 is 14.2 Å². The van der Waals surface area contributed by atoms with E-state index in [4.69, 9.17) is 14.2 Å². The predicted molar refractivity (Wildman–Crippen MR) is 154 cm³/mol. The molecule has 0 radical (unpaired) electrons. The Morgan fingerprint density at radius 1 is 1.05 bits per heavy atom. The Balaban J connectivity index is 1.59. The molecule has 1 heterocycles. The Morgan fingerprint density at radius 2 is 1.78 bits per heavy atom. The summed E-state index contributed by atoms with van der Waals surface area (Å²) in [5.74, 6) is 1.56. The number of hydrogen-bond donors (Lipinski definition) is 0. The lowest BCUT2D eigenvalue weighted by Crippen LogP contribution is -2.28. The monoisotopic (exact) mass is 632 g/mol. The number of hydrogen-bond acceptors (Lipinski definition) is 6. The van der Waals surface area contributed by atoms with E-state index >= 15 is 0 Å². The highest BCUT2D eigenvalue weighted by Crippen LogP contribution is 2.38. The van der Waals surface area contributed by atoms with E-state index in [1.54, 1.807) is 24.1 Å². The van der Waals surface area contributed by atoms with Crippen LogP contribution in [-0.4, -0.2) is 36.2 Å². The molecular weight excluding hydrogens is 606 g/mol. The van der Waals surface area contributed by atoms with E-state index in [2.05, 4.69) is 27.6 Å². The summed E-state index contributed by atoms with van der Waals surface area (Å²) >= 11 is 3.54. The fourth-order valence-corrected chi connectivity index (χ4v) is 5.44. The first-order chi connectivity index (χ1) is 17.9. The fraction of sp³-hybridized carbons (Fsp3) is 0.214. The summed E-state index contributed by atoms with van der Waals surface area (Å²) < 4.78 is 31.2. The molecule has 1 amide bonds. The number of aliphatic imine (C=N–C) groups is 1. The van der Waals surface area contributed by atoms with E-state index in [0.29, 0.717) is 34.7 Å². The summed E-state index contributed by atoms with van der Waals surface area (Å²) in [6.45, 7) is 5.07. The molecule has 0 saturated carbocycles. The van der Waals surface area contributed by atoms with E-state index in [9.17, 15) is 9.18 Å². The number of nitrogens with zero attached hydrogens (tertiary/aromatic N) is 2. The van der Waals surface area contributed by atoms with Crippen molar-refractivity contribution < 1.29 is 23.4 Å². The molecular formula is C28H26FIN2O4S. The number of rotatable bonds is 9. The maximum Gasteiger partial charge on any atom is 0.266 e. The lowest BCUT2D eigenvalue weighted by Gasteiger charge is -2.15. The van der Waals surface area contributed by atoms with E-state index in [1.807, 2.05) is 56.3 Å². The molecule has 0 spiro atoms. The van der Waals surface area contributed by atoms with Gasteiger partial charge in [-0.2, -0.15) is 0 Å². The van der Waals surface area contributed by atoms with Gasteiger partial charge in [0.2, 0.25) is 0 Å². The number of likely N-dealkylation sites (N-methyl/N-ethyl adjacent to an activating group) is 1. The van der Waals surface area contributed by atoms with E-state index in [1.165, 1.54) is 23.9 Å². The lowest BCUT2D eigenvalue weighted by molar-refractivity contribution is -0.122. The Morgan fingerprint density at radius 3 is 2.43 bits per heavy atom. The first-order valence-electron chi connectivity index (χ1n) is 11.7. The molecule has 1 aliphatic rings. The molecule has 3 aromatic carbocycles. The number of benzene rings is 3. The zero-order valence-electron chi connectivity index (χ0n) is 20.7. The summed E-state index contributed by atoms with van der Waals surface area (Å²) in [6, 6.07) is 17.4. The normalized spacial score (nSPS) is 15.5. The lowest BCUT2D eigenvalue weighted by atomic mass is 10.1. The van der Waals surface area contributed by atoms with Crippen LogP contribution >= 0.6 is 34.4 Å². The molecule has 192 valence electrons. The topological polar surface area (TPSA) is 60.4 Å². The number of halogens is 2. The maximum atomic E-state index is 13.2. The summed E-state index contributed by atoms with van der Waals surface area (Å²) in [7, 11) is 1.62. The largest absolute Gasteiger partial charge is 0.497 e. The number of amides is 1. The Labute approximate surface area is 233 Å². The molecule has 1 saturated heterocycles. The standard InChI is InChI=1S/C28H26FIN2O4S/c1-4-32-27(33)25(37-28(32)31-21-10-12-22(34-3)13-11-21)16-19-14-23(30)26(24(15-19)35-5-2)36-17-18-6-8-20(29)9-7-18/h6-16H,4-5,17H2,1-3H3/b25-16+,31-28?. The second-order valence-corrected chi connectivity index (χ2v) is 10.1. The molecule has 3 aromatic rings. The third kappa shape index (κ3) is 6.64. The van der Waals surface area contributed by atoms with Crippen LogP contribution in [0.4, 0.5) is 10.1 Å². The van der Waals surface area contributed by atoms with Crippen molar-refractivity contribution in [2.75, 3.05) is 20.3 Å². The zero-order valence-corrected chi connectivity index (χ0v) is 23.6. The van der Waals surface area contributed by atoms with Gasteiger partial charge in [0.25, 0.3) is 5.91 Å². The minimum atomic E-state index is -0.288. The molecule has 6 nitrogen and oxygen atoms in total. The smallest absolute Gasteiger partial charge is 0.266 e. The number of ether oxygens (including phenoxy) is 3. The van der Waals surface area contributed by atoms with Crippen LogP contribution in [0.25, 0.3) is 6.08 Å².